The van der Waals surface area contributed by atoms with Crippen LogP contribution in [-0.2, 0) is 0 Å². The number of anilines is 2. The summed E-state index contributed by atoms with van der Waals surface area (Å²) in [6.45, 7) is 1.80. The third-order valence-electron chi connectivity index (χ3n) is 2.62. The smallest absolute Gasteiger partial charge is 0.292 e. The molecule has 0 fully saturated rings. The number of nitro benzene ring substituents is 1. The number of aryl methyl sites for hydroxylation is 1. The molecule has 0 radical (unpaired) electrons. The summed E-state index contributed by atoms with van der Waals surface area (Å²) in [7, 11) is 0. The number of hydrogen-bond donors (Lipinski definition) is 2. The van der Waals surface area contributed by atoms with Crippen LogP contribution in [0.1, 0.15) is 16.1 Å². The monoisotopic (exact) mass is 272 g/mol. The number of amides is 1. The molecule has 0 spiro atoms. The number of nitro groups is 1. The molecule has 0 aliphatic rings. The van der Waals surface area contributed by atoms with Gasteiger partial charge in [-0.15, -0.1) is 0 Å². The zero-order valence-electron chi connectivity index (χ0n) is 10.7. The van der Waals surface area contributed by atoms with E-state index in [4.69, 9.17) is 5.73 Å². The van der Waals surface area contributed by atoms with Gasteiger partial charge in [0.15, 0.2) is 0 Å². The van der Waals surface area contributed by atoms with Crippen LogP contribution in [0.2, 0.25) is 0 Å². The second-order valence-corrected chi connectivity index (χ2v) is 4.15. The first-order chi connectivity index (χ1) is 9.47. The van der Waals surface area contributed by atoms with Crippen molar-refractivity contribution in [2.24, 2.45) is 0 Å². The first-order valence-corrected chi connectivity index (χ1v) is 5.76. The van der Waals surface area contributed by atoms with Crippen molar-refractivity contribution in [1.82, 2.24) is 4.98 Å². The molecule has 7 nitrogen and oxygen atoms in total. The maximum absolute atomic E-state index is 12.0. The first-order valence-electron chi connectivity index (χ1n) is 5.76. The van der Waals surface area contributed by atoms with E-state index in [9.17, 15) is 14.9 Å². The van der Waals surface area contributed by atoms with Gasteiger partial charge >= 0.3 is 0 Å². The normalized spacial score (nSPS) is 10.1. The molecule has 1 aromatic carbocycles. The fraction of sp³-hybridized carbons (Fsp3) is 0.0769. The molecule has 0 saturated carbocycles. The summed E-state index contributed by atoms with van der Waals surface area (Å²) >= 11 is 0. The van der Waals surface area contributed by atoms with Crippen LogP contribution in [0.25, 0.3) is 0 Å². The molecule has 7 heteroatoms. The number of nitrogen functional groups attached to an aromatic ring is 1. The lowest BCUT2D eigenvalue weighted by Crippen LogP contribution is -2.13. The Balaban J connectivity index is 2.26. The van der Waals surface area contributed by atoms with Crippen molar-refractivity contribution < 1.29 is 9.72 Å². The molecule has 0 aliphatic heterocycles. The molecule has 0 saturated heterocycles. The van der Waals surface area contributed by atoms with Gasteiger partial charge in [-0.2, -0.15) is 0 Å². The quantitative estimate of drug-likeness (QED) is 0.505. The number of nitrogens with two attached hydrogens (primary N) is 1. The Bertz CT molecular complexity index is 685. The number of carbonyl (C=O) groups is 1. The Morgan fingerprint density at radius 2 is 2.10 bits per heavy atom. The molecule has 1 amide bonds. The van der Waals surface area contributed by atoms with E-state index in [0.717, 1.165) is 11.8 Å². The number of aromatic nitrogens is 1. The minimum atomic E-state index is -0.628. The summed E-state index contributed by atoms with van der Waals surface area (Å²) in [5, 5.41) is 13.4. The van der Waals surface area contributed by atoms with Crippen molar-refractivity contribution in [3.63, 3.8) is 0 Å². The van der Waals surface area contributed by atoms with E-state index in [2.05, 4.69) is 10.3 Å². The molecule has 102 valence electrons. The van der Waals surface area contributed by atoms with Gasteiger partial charge in [-0.05, 0) is 31.2 Å². The minimum Gasteiger partial charge on any atom is -0.393 e. The minimum absolute atomic E-state index is 0.0141. The largest absolute Gasteiger partial charge is 0.393 e. The number of carbonyl (C=O) groups excluding carboxylic acids is 1. The molecular formula is C13H12N4O3. The highest BCUT2D eigenvalue weighted by Crippen LogP contribution is 2.22. The van der Waals surface area contributed by atoms with E-state index < -0.39 is 10.8 Å². The number of pyridine rings is 1. The molecule has 1 aromatic heterocycles. The molecule has 2 rings (SSSR count). The third kappa shape index (κ3) is 2.89. The molecule has 0 unspecified atom stereocenters. The van der Waals surface area contributed by atoms with Crippen LogP contribution in [0.5, 0.6) is 0 Å². The topological polar surface area (TPSA) is 111 Å². The van der Waals surface area contributed by atoms with Gasteiger partial charge in [0.2, 0.25) is 0 Å². The molecular weight excluding hydrogens is 260 g/mol. The van der Waals surface area contributed by atoms with Crippen molar-refractivity contribution >= 4 is 23.1 Å². The lowest BCUT2D eigenvalue weighted by Gasteiger charge is -2.05. The van der Waals surface area contributed by atoms with Gasteiger partial charge in [-0.3, -0.25) is 14.9 Å². The average molecular weight is 272 g/mol. The number of nitrogens with zero attached hydrogens (tertiary/aromatic N) is 2. The molecule has 3 N–H and O–H groups in total. The summed E-state index contributed by atoms with van der Waals surface area (Å²) in [6.07, 6.45) is 0. The van der Waals surface area contributed by atoms with Crippen LogP contribution in [0.3, 0.4) is 0 Å². The van der Waals surface area contributed by atoms with E-state index in [0.29, 0.717) is 5.82 Å². The molecule has 2 aromatic rings. The Morgan fingerprint density at radius 1 is 1.35 bits per heavy atom. The van der Waals surface area contributed by atoms with Gasteiger partial charge in [0.1, 0.15) is 11.5 Å². The number of benzene rings is 1. The zero-order chi connectivity index (χ0) is 14.7. The lowest BCUT2D eigenvalue weighted by molar-refractivity contribution is -0.383. The highest BCUT2D eigenvalue weighted by Gasteiger charge is 2.15. The van der Waals surface area contributed by atoms with Gasteiger partial charge in [-0.25, -0.2) is 4.98 Å². The Labute approximate surface area is 114 Å². The van der Waals surface area contributed by atoms with Crippen molar-refractivity contribution in [3.05, 3.63) is 57.8 Å². The summed E-state index contributed by atoms with van der Waals surface area (Å²) in [4.78, 5) is 26.3. The van der Waals surface area contributed by atoms with Gasteiger partial charge in [0, 0.05) is 17.3 Å². The van der Waals surface area contributed by atoms with Crippen LogP contribution in [0, 0.1) is 17.0 Å². The second-order valence-electron chi connectivity index (χ2n) is 4.15. The molecule has 0 bridgehead atoms. The average Bonchev–Trinajstić information content (AvgIpc) is 2.38. The maximum Gasteiger partial charge on any atom is 0.292 e. The second kappa shape index (κ2) is 5.35. The van der Waals surface area contributed by atoms with E-state index in [1.807, 2.05) is 0 Å². The van der Waals surface area contributed by atoms with Crippen molar-refractivity contribution in [2.75, 3.05) is 11.1 Å². The van der Waals surface area contributed by atoms with Crippen LogP contribution in [0.15, 0.2) is 36.4 Å². The fourth-order valence-electron chi connectivity index (χ4n) is 1.64. The van der Waals surface area contributed by atoms with Gasteiger partial charge in [0.05, 0.1) is 4.92 Å². The summed E-state index contributed by atoms with van der Waals surface area (Å²) < 4.78 is 0. The Hall–Kier alpha value is -2.96. The Morgan fingerprint density at radius 3 is 2.75 bits per heavy atom. The van der Waals surface area contributed by atoms with E-state index in [-0.39, 0.29) is 16.9 Å². The summed E-state index contributed by atoms with van der Waals surface area (Å²) in [6, 6.07) is 9.08. The maximum atomic E-state index is 12.0. The number of rotatable bonds is 3. The number of hydrogen-bond acceptors (Lipinski definition) is 5. The Kier molecular flexibility index (Phi) is 3.60. The predicted molar refractivity (Wildman–Crippen MR) is 74.4 cm³/mol. The molecule has 20 heavy (non-hydrogen) atoms. The van der Waals surface area contributed by atoms with Crippen LogP contribution < -0.4 is 11.1 Å². The molecule has 0 aliphatic carbocycles. The van der Waals surface area contributed by atoms with Crippen molar-refractivity contribution in [3.8, 4) is 0 Å². The fourth-order valence-corrected chi connectivity index (χ4v) is 1.64. The van der Waals surface area contributed by atoms with Crippen LogP contribution in [0.4, 0.5) is 17.2 Å². The predicted octanol–water partition coefficient (Wildman–Crippen LogP) is 2.13. The molecule has 1 heterocycles. The standard InChI is InChI=1S/C13H12N4O3/c1-8-3-2-4-12(15-8)16-13(18)9-5-6-10(14)11(7-9)17(19)20/h2-7H,14H2,1H3,(H,15,16,18). The third-order valence-corrected chi connectivity index (χ3v) is 2.62. The zero-order valence-corrected chi connectivity index (χ0v) is 10.7. The number of nitrogens with one attached hydrogen (secondary N) is 1. The van der Waals surface area contributed by atoms with E-state index in [1.54, 1.807) is 25.1 Å². The summed E-state index contributed by atoms with van der Waals surface area (Å²) in [5.74, 6) is -0.0966. The van der Waals surface area contributed by atoms with Gasteiger partial charge in [-0.1, -0.05) is 6.07 Å². The van der Waals surface area contributed by atoms with Crippen LogP contribution >= 0.6 is 0 Å². The van der Waals surface area contributed by atoms with Crippen molar-refractivity contribution in [2.45, 2.75) is 6.92 Å². The van der Waals surface area contributed by atoms with Gasteiger partial charge in [0.25, 0.3) is 11.6 Å². The summed E-state index contributed by atoms with van der Waals surface area (Å²) in [5.41, 5.74) is 6.10. The van der Waals surface area contributed by atoms with Gasteiger partial charge < -0.3 is 11.1 Å². The molecule has 0 atom stereocenters. The first kappa shape index (κ1) is 13.5. The van der Waals surface area contributed by atoms with E-state index >= 15 is 0 Å². The van der Waals surface area contributed by atoms with Crippen molar-refractivity contribution in [1.29, 1.82) is 0 Å². The lowest BCUT2D eigenvalue weighted by atomic mass is 10.1. The highest BCUT2D eigenvalue weighted by molar-refractivity contribution is 6.04. The van der Waals surface area contributed by atoms with Crippen LogP contribution in [-0.4, -0.2) is 15.8 Å². The van der Waals surface area contributed by atoms with E-state index in [1.165, 1.54) is 12.1 Å². The SMILES string of the molecule is Cc1cccc(NC(=O)c2ccc(N)c([N+](=O)[O-])c2)n1. The highest BCUT2D eigenvalue weighted by atomic mass is 16.6.